The largest absolute Gasteiger partial charge is 0.348 e. The molecule has 0 saturated carbocycles. The van der Waals surface area contributed by atoms with Crippen molar-refractivity contribution in [2.75, 3.05) is 14.1 Å². The summed E-state index contributed by atoms with van der Waals surface area (Å²) in [6, 6.07) is 20.2. The topological polar surface area (TPSA) is 51.0 Å². The molecule has 0 bridgehead atoms. The van der Waals surface area contributed by atoms with Crippen molar-refractivity contribution in [1.82, 2.24) is 19.7 Å². The molecule has 0 saturated heterocycles. The van der Waals surface area contributed by atoms with E-state index < -0.39 is 0 Å². The molecule has 0 fully saturated rings. The van der Waals surface area contributed by atoms with Gasteiger partial charge in [0, 0.05) is 26.2 Å². The summed E-state index contributed by atoms with van der Waals surface area (Å²) >= 11 is 1.43. The van der Waals surface area contributed by atoms with Gasteiger partial charge in [0.25, 0.3) is 0 Å². The first-order valence-electron chi connectivity index (χ1n) is 8.47. The molecule has 1 atom stereocenters. The highest BCUT2D eigenvalue weighted by atomic mass is 32.2. The molecule has 134 valence electrons. The second-order valence-electron chi connectivity index (χ2n) is 6.22. The zero-order chi connectivity index (χ0) is 18.5. The van der Waals surface area contributed by atoms with Crippen LogP contribution in [0.3, 0.4) is 0 Å². The van der Waals surface area contributed by atoms with Gasteiger partial charge >= 0.3 is 0 Å². The van der Waals surface area contributed by atoms with Crippen molar-refractivity contribution >= 4 is 17.7 Å². The van der Waals surface area contributed by atoms with Crippen molar-refractivity contribution in [3.63, 3.8) is 0 Å². The molecule has 5 nitrogen and oxygen atoms in total. The zero-order valence-electron chi connectivity index (χ0n) is 15.2. The molecule has 2 aromatic carbocycles. The average molecular weight is 366 g/mol. The summed E-state index contributed by atoms with van der Waals surface area (Å²) in [5, 5.41) is 9.28. The molecule has 1 unspecified atom stereocenters. The molecule has 0 spiro atoms. The molecule has 3 aromatic rings. The number of carbonyl (C=O) groups is 1. The molecule has 0 aliphatic heterocycles. The summed E-state index contributed by atoms with van der Waals surface area (Å²) in [5.74, 6) is 0.914. The van der Waals surface area contributed by atoms with Gasteiger partial charge in [0.1, 0.15) is 5.82 Å². The molecular formula is C20H22N4OS. The lowest BCUT2D eigenvalue weighted by Gasteiger charge is -2.17. The van der Waals surface area contributed by atoms with E-state index in [4.69, 9.17) is 0 Å². The van der Waals surface area contributed by atoms with E-state index in [-0.39, 0.29) is 11.2 Å². The van der Waals surface area contributed by atoms with E-state index in [2.05, 4.69) is 22.3 Å². The van der Waals surface area contributed by atoms with Crippen molar-refractivity contribution in [3.05, 3.63) is 72.1 Å². The smallest absolute Gasteiger partial charge is 0.235 e. The maximum absolute atomic E-state index is 12.2. The second-order valence-corrected chi connectivity index (χ2v) is 7.53. The second kappa shape index (κ2) is 8.19. The maximum atomic E-state index is 12.2. The summed E-state index contributed by atoms with van der Waals surface area (Å²) < 4.78 is 2.04. The lowest BCUT2D eigenvalue weighted by Crippen LogP contribution is -2.29. The predicted molar refractivity (Wildman–Crippen MR) is 105 cm³/mol. The number of thioether (sulfide) groups is 1. The number of hydrogen-bond donors (Lipinski definition) is 0. The van der Waals surface area contributed by atoms with Crippen molar-refractivity contribution in [3.8, 4) is 5.69 Å². The van der Waals surface area contributed by atoms with Gasteiger partial charge in [-0.2, -0.15) is 0 Å². The highest BCUT2D eigenvalue weighted by Gasteiger charge is 2.22. The van der Waals surface area contributed by atoms with Crippen LogP contribution < -0.4 is 0 Å². The van der Waals surface area contributed by atoms with Crippen LogP contribution in [0, 0.1) is 0 Å². The Labute approximate surface area is 158 Å². The Morgan fingerprint density at radius 2 is 1.65 bits per heavy atom. The predicted octanol–water partition coefficient (Wildman–Crippen LogP) is 3.43. The normalized spacial score (nSPS) is 12.0. The average Bonchev–Trinajstić information content (AvgIpc) is 3.04. The van der Waals surface area contributed by atoms with Gasteiger partial charge in [-0.3, -0.25) is 9.36 Å². The number of hydrogen-bond acceptors (Lipinski definition) is 4. The fourth-order valence-corrected chi connectivity index (χ4v) is 3.71. The minimum absolute atomic E-state index is 0.0576. The van der Waals surface area contributed by atoms with Crippen LogP contribution in [0.1, 0.15) is 18.3 Å². The van der Waals surface area contributed by atoms with Gasteiger partial charge in [0.05, 0.1) is 5.25 Å². The van der Waals surface area contributed by atoms with Gasteiger partial charge in [-0.15, -0.1) is 10.2 Å². The highest BCUT2D eigenvalue weighted by Crippen LogP contribution is 2.27. The van der Waals surface area contributed by atoms with Gasteiger partial charge in [0.15, 0.2) is 5.16 Å². The van der Waals surface area contributed by atoms with Gasteiger partial charge in [-0.1, -0.05) is 60.3 Å². The van der Waals surface area contributed by atoms with E-state index in [1.165, 1.54) is 17.3 Å². The number of amides is 1. The lowest BCUT2D eigenvalue weighted by atomic mass is 10.1. The van der Waals surface area contributed by atoms with Crippen LogP contribution in [0.15, 0.2) is 65.8 Å². The molecule has 26 heavy (non-hydrogen) atoms. The lowest BCUT2D eigenvalue weighted by molar-refractivity contribution is -0.127. The fraction of sp³-hybridized carbons (Fsp3) is 0.250. The monoisotopic (exact) mass is 366 g/mol. The first-order valence-corrected chi connectivity index (χ1v) is 9.35. The number of aromatic nitrogens is 3. The van der Waals surface area contributed by atoms with Crippen LogP contribution >= 0.6 is 11.8 Å². The maximum Gasteiger partial charge on any atom is 0.235 e. The number of benzene rings is 2. The number of nitrogens with zero attached hydrogens (tertiary/aromatic N) is 4. The van der Waals surface area contributed by atoms with Crippen molar-refractivity contribution in [2.24, 2.45) is 0 Å². The minimum atomic E-state index is -0.235. The van der Waals surface area contributed by atoms with Gasteiger partial charge in [-0.25, -0.2) is 0 Å². The van der Waals surface area contributed by atoms with Crippen LogP contribution in [0.2, 0.25) is 0 Å². The molecule has 6 heteroatoms. The zero-order valence-corrected chi connectivity index (χ0v) is 16.0. The van der Waals surface area contributed by atoms with Crippen molar-refractivity contribution in [2.45, 2.75) is 23.8 Å². The Balaban J connectivity index is 1.96. The summed E-state index contributed by atoms with van der Waals surface area (Å²) in [6.45, 7) is 1.90. The Morgan fingerprint density at radius 3 is 2.27 bits per heavy atom. The van der Waals surface area contributed by atoms with Crippen molar-refractivity contribution < 1.29 is 4.79 Å². The van der Waals surface area contributed by atoms with E-state index in [0.717, 1.165) is 16.7 Å². The molecule has 3 rings (SSSR count). The number of rotatable bonds is 6. The van der Waals surface area contributed by atoms with Gasteiger partial charge < -0.3 is 4.90 Å². The van der Waals surface area contributed by atoms with Crippen LogP contribution in [-0.4, -0.2) is 44.9 Å². The molecule has 1 aromatic heterocycles. The summed E-state index contributed by atoms with van der Waals surface area (Å²) in [5.41, 5.74) is 2.17. The molecular weight excluding hydrogens is 344 g/mol. The van der Waals surface area contributed by atoms with Gasteiger partial charge in [0.2, 0.25) is 5.91 Å². The minimum Gasteiger partial charge on any atom is -0.348 e. The first-order chi connectivity index (χ1) is 12.6. The van der Waals surface area contributed by atoms with Gasteiger partial charge in [-0.05, 0) is 24.6 Å². The van der Waals surface area contributed by atoms with E-state index in [1.54, 1.807) is 19.0 Å². The number of para-hydroxylation sites is 1. The van der Waals surface area contributed by atoms with E-state index >= 15 is 0 Å². The SMILES string of the molecule is CC(Sc1nnc(Cc2ccccc2)n1-c1ccccc1)C(=O)N(C)C. The molecule has 0 radical (unpaired) electrons. The third-order valence-electron chi connectivity index (χ3n) is 3.99. The quantitative estimate of drug-likeness (QED) is 0.627. The molecule has 0 aliphatic rings. The third kappa shape index (κ3) is 4.14. The fourth-order valence-electron chi connectivity index (χ4n) is 2.68. The summed E-state index contributed by atoms with van der Waals surface area (Å²) in [6.07, 6.45) is 0.680. The van der Waals surface area contributed by atoms with E-state index in [9.17, 15) is 4.79 Å². The van der Waals surface area contributed by atoms with Crippen molar-refractivity contribution in [1.29, 1.82) is 0 Å². The molecule has 1 amide bonds. The highest BCUT2D eigenvalue weighted by molar-refractivity contribution is 8.00. The Hall–Kier alpha value is -2.60. The molecule has 0 aliphatic carbocycles. The Bertz CT molecular complexity index is 862. The van der Waals surface area contributed by atoms with Crippen LogP contribution in [-0.2, 0) is 11.2 Å². The molecule has 0 N–H and O–H groups in total. The van der Waals surface area contributed by atoms with E-state index in [0.29, 0.717) is 6.42 Å². The first kappa shape index (κ1) is 18.2. The standard InChI is InChI=1S/C20H22N4OS/c1-15(19(25)23(2)3)26-20-22-21-18(14-16-10-6-4-7-11-16)24(20)17-12-8-5-9-13-17/h4-13,15H,14H2,1-3H3. The molecule has 1 heterocycles. The van der Waals surface area contributed by atoms with Crippen LogP contribution in [0.25, 0.3) is 5.69 Å². The number of carbonyl (C=O) groups excluding carboxylic acids is 1. The van der Waals surface area contributed by atoms with Crippen LogP contribution in [0.4, 0.5) is 0 Å². The Morgan fingerprint density at radius 1 is 1.04 bits per heavy atom. The van der Waals surface area contributed by atoms with E-state index in [1.807, 2.05) is 60.0 Å². The van der Waals surface area contributed by atoms with Crippen LogP contribution in [0.5, 0.6) is 0 Å². The summed E-state index contributed by atoms with van der Waals surface area (Å²) in [4.78, 5) is 13.8. The summed E-state index contributed by atoms with van der Waals surface area (Å²) in [7, 11) is 3.53. The Kier molecular flexibility index (Phi) is 5.73. The third-order valence-corrected chi connectivity index (χ3v) is 5.02.